The molecule has 14 nitrogen and oxygen atoms in total. The SMILES string of the molecule is C=CCN(C(C)=O)S(=O)(=O)N(CC=C)C(C)C(=O)OC.COC(=O)C(C)NS(=O)(=O)NC(C)=O. The largest absolute Gasteiger partial charge is 0.468 e. The monoisotopic (exact) mass is 528 g/mol. The van der Waals surface area contributed by atoms with Crippen LogP contribution in [0.4, 0.5) is 0 Å². The molecule has 196 valence electrons. The van der Waals surface area contributed by atoms with Crippen LogP contribution in [0.3, 0.4) is 0 Å². The summed E-state index contributed by atoms with van der Waals surface area (Å²) < 4.78 is 60.8. The normalized spacial score (nSPS) is 12.8. The Morgan fingerprint density at radius 2 is 1.38 bits per heavy atom. The van der Waals surface area contributed by atoms with E-state index in [4.69, 9.17) is 0 Å². The Morgan fingerprint density at radius 1 is 0.912 bits per heavy atom. The van der Waals surface area contributed by atoms with Gasteiger partial charge in [-0.25, -0.2) is 9.03 Å². The number of hydrogen-bond acceptors (Lipinski definition) is 10. The zero-order valence-electron chi connectivity index (χ0n) is 19.9. The zero-order chi connectivity index (χ0) is 27.3. The van der Waals surface area contributed by atoms with Gasteiger partial charge in [-0.3, -0.25) is 19.2 Å². The van der Waals surface area contributed by atoms with E-state index >= 15 is 0 Å². The van der Waals surface area contributed by atoms with Crippen LogP contribution in [0.2, 0.25) is 0 Å². The quantitative estimate of drug-likeness (QED) is 0.231. The van der Waals surface area contributed by atoms with Crippen LogP contribution < -0.4 is 9.44 Å². The van der Waals surface area contributed by atoms with Crippen LogP contribution in [0, 0.1) is 0 Å². The Bertz CT molecular complexity index is 963. The van der Waals surface area contributed by atoms with E-state index in [0.717, 1.165) is 32.4 Å². The zero-order valence-corrected chi connectivity index (χ0v) is 21.6. The smallest absolute Gasteiger partial charge is 0.323 e. The fraction of sp³-hybridized carbons (Fsp3) is 0.556. The Balaban J connectivity index is 0. The molecule has 0 rings (SSSR count). The number of esters is 2. The van der Waals surface area contributed by atoms with E-state index in [1.165, 1.54) is 26.0 Å². The molecule has 0 radical (unpaired) electrons. The highest BCUT2D eigenvalue weighted by Gasteiger charge is 2.36. The molecule has 0 bridgehead atoms. The molecule has 0 saturated heterocycles. The number of nitrogens with one attached hydrogen (secondary N) is 2. The predicted molar refractivity (Wildman–Crippen MR) is 122 cm³/mol. The fourth-order valence-corrected chi connectivity index (χ4v) is 4.82. The average molecular weight is 529 g/mol. The van der Waals surface area contributed by atoms with Crippen molar-refractivity contribution in [3.8, 4) is 0 Å². The minimum Gasteiger partial charge on any atom is -0.468 e. The summed E-state index contributed by atoms with van der Waals surface area (Å²) in [5.41, 5.74) is 0. The number of rotatable bonds is 12. The second kappa shape index (κ2) is 15.2. The van der Waals surface area contributed by atoms with Gasteiger partial charge in [-0.05, 0) is 13.8 Å². The van der Waals surface area contributed by atoms with Crippen molar-refractivity contribution in [3.05, 3.63) is 25.3 Å². The van der Waals surface area contributed by atoms with Crippen molar-refractivity contribution in [3.63, 3.8) is 0 Å². The van der Waals surface area contributed by atoms with Crippen molar-refractivity contribution in [1.29, 1.82) is 0 Å². The summed E-state index contributed by atoms with van der Waals surface area (Å²) in [6, 6.07) is -2.12. The summed E-state index contributed by atoms with van der Waals surface area (Å²) in [6.45, 7) is 11.4. The molecule has 16 heteroatoms. The van der Waals surface area contributed by atoms with Crippen molar-refractivity contribution in [2.24, 2.45) is 0 Å². The minimum atomic E-state index is -4.17. The van der Waals surface area contributed by atoms with Gasteiger partial charge < -0.3 is 9.47 Å². The fourth-order valence-electron chi connectivity index (χ4n) is 2.17. The Morgan fingerprint density at radius 3 is 1.74 bits per heavy atom. The summed E-state index contributed by atoms with van der Waals surface area (Å²) in [6.07, 6.45) is 2.61. The van der Waals surface area contributed by atoms with Crippen molar-refractivity contribution in [2.45, 2.75) is 39.8 Å². The Hall–Kier alpha value is -2.82. The topological polar surface area (TPSA) is 186 Å². The predicted octanol–water partition coefficient (Wildman–Crippen LogP) is -1.17. The molecule has 2 N–H and O–H groups in total. The summed E-state index contributed by atoms with van der Waals surface area (Å²) in [5, 5.41) is 0. The van der Waals surface area contributed by atoms with Crippen molar-refractivity contribution in [2.75, 3.05) is 27.3 Å². The summed E-state index contributed by atoms with van der Waals surface area (Å²) in [4.78, 5) is 44.3. The molecule has 0 fully saturated rings. The molecule has 34 heavy (non-hydrogen) atoms. The van der Waals surface area contributed by atoms with Gasteiger partial charge in [0.2, 0.25) is 11.8 Å². The molecular formula is C18H32N4O10S2. The van der Waals surface area contributed by atoms with Gasteiger partial charge in [0.05, 0.1) is 20.8 Å². The molecule has 0 aliphatic carbocycles. The lowest BCUT2D eigenvalue weighted by Gasteiger charge is -2.30. The van der Waals surface area contributed by atoms with E-state index in [0.29, 0.717) is 4.31 Å². The number of carbonyl (C=O) groups excluding carboxylic acids is 4. The van der Waals surface area contributed by atoms with Crippen LogP contribution in [0.5, 0.6) is 0 Å². The third-order valence-corrected chi connectivity index (χ3v) is 6.91. The average Bonchev–Trinajstić information content (AvgIpc) is 2.72. The first kappa shape index (κ1) is 33.4. The maximum atomic E-state index is 12.4. The molecule has 2 unspecified atom stereocenters. The highest BCUT2D eigenvalue weighted by atomic mass is 32.2. The molecule has 2 atom stereocenters. The molecule has 0 saturated carbocycles. The van der Waals surface area contributed by atoms with Crippen LogP contribution in [-0.2, 0) is 49.1 Å². The van der Waals surface area contributed by atoms with E-state index in [1.807, 2.05) is 4.72 Å². The molecule has 0 spiro atoms. The van der Waals surface area contributed by atoms with Crippen LogP contribution in [0.15, 0.2) is 25.3 Å². The maximum Gasteiger partial charge on any atom is 0.323 e. The van der Waals surface area contributed by atoms with E-state index in [1.54, 1.807) is 4.72 Å². The number of carbonyl (C=O) groups is 4. The highest BCUT2D eigenvalue weighted by Crippen LogP contribution is 2.14. The van der Waals surface area contributed by atoms with Gasteiger partial charge in [0.1, 0.15) is 12.1 Å². The van der Waals surface area contributed by atoms with Gasteiger partial charge in [-0.15, -0.1) is 13.2 Å². The molecule has 0 aromatic carbocycles. The van der Waals surface area contributed by atoms with Crippen molar-refractivity contribution in [1.82, 2.24) is 18.1 Å². The Labute approximate surface area is 200 Å². The molecule has 0 aromatic heterocycles. The molecule has 0 aliphatic rings. The first-order chi connectivity index (χ1) is 15.5. The molecular weight excluding hydrogens is 496 g/mol. The minimum absolute atomic E-state index is 0.125. The number of hydrogen-bond donors (Lipinski definition) is 2. The lowest BCUT2D eigenvalue weighted by Crippen LogP contribution is -2.51. The van der Waals surface area contributed by atoms with Crippen LogP contribution in [-0.4, -0.2) is 88.6 Å². The van der Waals surface area contributed by atoms with Crippen LogP contribution in [0.25, 0.3) is 0 Å². The van der Waals surface area contributed by atoms with Gasteiger partial charge in [0.25, 0.3) is 0 Å². The highest BCUT2D eigenvalue weighted by molar-refractivity contribution is 7.88. The first-order valence-electron chi connectivity index (χ1n) is 9.50. The van der Waals surface area contributed by atoms with E-state index < -0.39 is 56.3 Å². The van der Waals surface area contributed by atoms with Crippen molar-refractivity contribution < 1.29 is 45.5 Å². The second-order valence-corrected chi connectivity index (χ2v) is 9.68. The van der Waals surface area contributed by atoms with Crippen LogP contribution >= 0.6 is 0 Å². The summed E-state index contributed by atoms with van der Waals surface area (Å²) in [7, 11) is -5.87. The molecule has 2 amide bonds. The summed E-state index contributed by atoms with van der Waals surface area (Å²) in [5.74, 6) is -2.87. The number of ether oxygens (including phenoxy) is 2. The van der Waals surface area contributed by atoms with E-state index in [2.05, 4.69) is 22.6 Å². The third kappa shape index (κ3) is 11.4. The van der Waals surface area contributed by atoms with Gasteiger partial charge in [0, 0.05) is 20.4 Å². The second-order valence-electron chi connectivity index (χ2n) is 6.43. The molecule has 0 aliphatic heterocycles. The standard InChI is InChI=1S/C12H20N2O5S.C6H12N2O5S/c1-6-8-13(10(3)12(16)19-5)20(17,18)14(9-7-2)11(4)15;1-4(6(10)13-3)7-14(11,12)8-5(2)9/h6-7,10H,1-2,8-9H2,3-5H3;4,7H,1-3H3,(H,8,9). The van der Waals surface area contributed by atoms with Crippen LogP contribution in [0.1, 0.15) is 27.7 Å². The van der Waals surface area contributed by atoms with Gasteiger partial charge in [-0.2, -0.15) is 25.9 Å². The molecule has 0 heterocycles. The lowest BCUT2D eigenvalue weighted by atomic mass is 10.3. The van der Waals surface area contributed by atoms with E-state index in [-0.39, 0.29) is 13.1 Å². The first-order valence-corrected chi connectivity index (χ1v) is 12.4. The molecule has 0 aromatic rings. The van der Waals surface area contributed by atoms with Gasteiger partial charge in [-0.1, -0.05) is 12.2 Å². The number of methoxy groups -OCH3 is 2. The number of nitrogens with zero attached hydrogens (tertiary/aromatic N) is 2. The summed E-state index contributed by atoms with van der Waals surface area (Å²) >= 11 is 0. The van der Waals surface area contributed by atoms with Gasteiger partial charge >= 0.3 is 32.4 Å². The van der Waals surface area contributed by atoms with Gasteiger partial charge in [0.15, 0.2) is 0 Å². The van der Waals surface area contributed by atoms with E-state index in [9.17, 15) is 36.0 Å². The Kier molecular flexibility index (Phi) is 14.9. The lowest BCUT2D eigenvalue weighted by molar-refractivity contribution is -0.144. The number of amides is 2. The van der Waals surface area contributed by atoms with Crippen molar-refractivity contribution >= 4 is 44.2 Å². The maximum absolute atomic E-state index is 12.4. The third-order valence-electron chi connectivity index (χ3n) is 3.67.